The Bertz CT molecular complexity index is 1690. The molecule has 1 aromatic rings. The van der Waals surface area contributed by atoms with Crippen molar-refractivity contribution in [2.24, 2.45) is 56.2 Å². The lowest BCUT2D eigenvalue weighted by atomic mass is 9.33. The smallest absolute Gasteiger partial charge is 0.309 e. The molecule has 5 aliphatic rings. The third kappa shape index (κ3) is 6.24. The van der Waals surface area contributed by atoms with E-state index in [2.05, 4.69) is 53.8 Å². The van der Waals surface area contributed by atoms with E-state index in [0.29, 0.717) is 23.8 Å². The van der Waals surface area contributed by atoms with Crippen LogP contribution in [-0.4, -0.2) is 46.7 Å². The van der Waals surface area contributed by atoms with Crippen LogP contribution >= 0.6 is 11.6 Å². The van der Waals surface area contributed by atoms with Gasteiger partial charge < -0.3 is 20.3 Å². The molecule has 0 saturated heterocycles. The highest BCUT2D eigenvalue weighted by molar-refractivity contribution is 6.30. The Hall–Kier alpha value is -2.29. The molecule has 4 saturated carbocycles. The third-order valence-electron chi connectivity index (χ3n) is 16.2. The summed E-state index contributed by atoms with van der Waals surface area (Å²) < 4.78 is 20.8. The van der Waals surface area contributed by atoms with Gasteiger partial charge in [0.15, 0.2) is 5.78 Å². The Kier molecular flexibility index (Phi) is 10.5. The molecule has 0 radical (unpaired) electrons. The van der Waals surface area contributed by atoms with Gasteiger partial charge in [-0.25, -0.2) is 4.39 Å². The van der Waals surface area contributed by atoms with Crippen molar-refractivity contribution in [1.82, 2.24) is 5.32 Å². The molecule has 294 valence electrons. The normalized spacial score (nSPS) is 37.0. The number of carboxylic acid groups (broad SMARTS) is 1. The van der Waals surface area contributed by atoms with Gasteiger partial charge in [-0.05, 0) is 117 Å². The second-order valence-corrected chi connectivity index (χ2v) is 20.3. The highest BCUT2D eigenvalue weighted by Crippen LogP contribution is 2.77. The minimum Gasteiger partial charge on any atom is -0.481 e. The number of hydrogen-bond acceptors (Lipinski definition) is 6. The van der Waals surface area contributed by atoms with Gasteiger partial charge >= 0.3 is 11.9 Å². The number of fused-ring (bicyclic) bond motifs is 7. The van der Waals surface area contributed by atoms with Crippen molar-refractivity contribution < 1.29 is 33.7 Å². The van der Waals surface area contributed by atoms with Crippen molar-refractivity contribution in [3.63, 3.8) is 0 Å². The molecule has 1 aromatic carbocycles. The van der Waals surface area contributed by atoms with Gasteiger partial charge in [0, 0.05) is 35.9 Å². The maximum Gasteiger partial charge on any atom is 0.309 e. The highest BCUT2D eigenvalue weighted by atomic mass is 35.5. The van der Waals surface area contributed by atoms with E-state index in [9.17, 15) is 29.0 Å². The number of aliphatic hydroxyl groups excluding tert-OH is 1. The first-order valence-corrected chi connectivity index (χ1v) is 20.5. The SMILES string of the molecule is CC(C)C1=C2[C@H]3CC[C@@H]4[C@@]5(C)CC[C@H](OC(=O)CC(C)(C)C(=O)O)C(C)(C)C5CC[C@@]4(C)[C@]3(C)CC[C@@]2([C@H](O)CNCc2cccc(Cl)c2F)CC1=O. The molecule has 7 nitrogen and oxygen atoms in total. The number of halogens is 2. The van der Waals surface area contributed by atoms with Crippen LogP contribution in [0.25, 0.3) is 0 Å². The molecular weight excluding hydrogens is 693 g/mol. The number of aliphatic hydroxyl groups is 1. The zero-order valence-electron chi connectivity index (χ0n) is 33.5. The Morgan fingerprint density at radius 1 is 1.00 bits per heavy atom. The van der Waals surface area contributed by atoms with Crippen LogP contribution < -0.4 is 5.32 Å². The van der Waals surface area contributed by atoms with E-state index in [1.807, 2.05) is 0 Å². The predicted molar refractivity (Wildman–Crippen MR) is 204 cm³/mol. The molecule has 0 heterocycles. The van der Waals surface area contributed by atoms with Gasteiger partial charge in [-0.1, -0.05) is 77.8 Å². The van der Waals surface area contributed by atoms with Crippen molar-refractivity contribution in [2.45, 2.75) is 145 Å². The van der Waals surface area contributed by atoms with Crippen LogP contribution in [0.5, 0.6) is 0 Å². The second-order valence-electron chi connectivity index (χ2n) is 19.9. The van der Waals surface area contributed by atoms with E-state index in [1.165, 1.54) is 11.6 Å². The third-order valence-corrected chi connectivity index (χ3v) is 16.5. The molecular formula is C44H63ClFNO6. The minimum atomic E-state index is -1.18. The van der Waals surface area contributed by atoms with Crippen LogP contribution in [0.4, 0.5) is 4.39 Å². The van der Waals surface area contributed by atoms with E-state index in [1.54, 1.807) is 26.0 Å². The number of ketones is 1. The lowest BCUT2D eigenvalue weighted by Crippen LogP contribution is -2.66. The second kappa shape index (κ2) is 13.7. The first-order valence-electron chi connectivity index (χ1n) is 20.1. The number of allylic oxidation sites excluding steroid dienone is 1. The summed E-state index contributed by atoms with van der Waals surface area (Å²) in [5.41, 5.74) is 0.471. The molecule has 9 heteroatoms. The van der Waals surface area contributed by atoms with Gasteiger partial charge in [-0.15, -0.1) is 0 Å². The fourth-order valence-electron chi connectivity index (χ4n) is 13.1. The topological polar surface area (TPSA) is 113 Å². The van der Waals surface area contributed by atoms with E-state index in [-0.39, 0.29) is 69.9 Å². The number of hydrogen-bond donors (Lipinski definition) is 3. The molecule has 3 N–H and O–H groups in total. The highest BCUT2D eigenvalue weighted by Gasteiger charge is 2.70. The number of carbonyl (C=O) groups is 3. The lowest BCUT2D eigenvalue weighted by molar-refractivity contribution is -0.235. The van der Waals surface area contributed by atoms with Crippen LogP contribution in [0.15, 0.2) is 29.3 Å². The van der Waals surface area contributed by atoms with Gasteiger partial charge in [-0.2, -0.15) is 0 Å². The molecule has 0 bridgehead atoms. The molecule has 0 spiro atoms. The van der Waals surface area contributed by atoms with Crippen LogP contribution in [-0.2, 0) is 25.7 Å². The predicted octanol–water partition coefficient (Wildman–Crippen LogP) is 9.32. The summed E-state index contributed by atoms with van der Waals surface area (Å²) in [6.07, 6.45) is 6.56. The van der Waals surface area contributed by atoms with Crippen molar-refractivity contribution in [3.05, 3.63) is 45.7 Å². The number of benzene rings is 1. The summed E-state index contributed by atoms with van der Waals surface area (Å²) >= 11 is 6.03. The quantitative estimate of drug-likeness (QED) is 0.204. The van der Waals surface area contributed by atoms with E-state index in [4.69, 9.17) is 16.3 Å². The summed E-state index contributed by atoms with van der Waals surface area (Å²) in [6.45, 7) is 19.9. The number of nitrogens with one attached hydrogen (secondary N) is 1. The number of Topliss-reactive ketones (excluding diaryl/α,β-unsaturated/α-hetero) is 1. The Morgan fingerprint density at radius 2 is 1.70 bits per heavy atom. The van der Waals surface area contributed by atoms with Crippen molar-refractivity contribution >= 4 is 29.3 Å². The summed E-state index contributed by atoms with van der Waals surface area (Å²) in [5, 5.41) is 25.1. The molecule has 6 rings (SSSR count). The van der Waals surface area contributed by atoms with Crippen LogP contribution in [0, 0.1) is 62.0 Å². The summed E-state index contributed by atoms with van der Waals surface area (Å²) in [4.78, 5) is 38.8. The van der Waals surface area contributed by atoms with Crippen molar-refractivity contribution in [2.75, 3.05) is 6.54 Å². The van der Waals surface area contributed by atoms with Crippen LogP contribution in [0.2, 0.25) is 5.02 Å². The van der Waals surface area contributed by atoms with E-state index < -0.39 is 34.7 Å². The molecule has 0 aromatic heterocycles. The first kappa shape index (κ1) is 40.4. The molecule has 4 fully saturated rings. The Morgan fingerprint density at radius 3 is 2.36 bits per heavy atom. The van der Waals surface area contributed by atoms with Gasteiger partial charge in [0.1, 0.15) is 11.9 Å². The number of carboxylic acids is 1. The Balaban J connectivity index is 1.26. The first-order chi connectivity index (χ1) is 24.6. The number of esters is 1. The average Bonchev–Trinajstić information content (AvgIpc) is 3.37. The van der Waals surface area contributed by atoms with Gasteiger partial charge in [0.05, 0.1) is 23.0 Å². The number of aliphatic carboxylic acids is 1. The molecule has 53 heavy (non-hydrogen) atoms. The van der Waals surface area contributed by atoms with Gasteiger partial charge in [0.2, 0.25) is 0 Å². The summed E-state index contributed by atoms with van der Waals surface area (Å²) in [7, 11) is 0. The fourth-order valence-corrected chi connectivity index (χ4v) is 13.3. The minimum absolute atomic E-state index is 0.00641. The maximum absolute atomic E-state index is 14.7. The molecule has 1 unspecified atom stereocenters. The lowest BCUT2D eigenvalue weighted by Gasteiger charge is -2.72. The number of carbonyl (C=O) groups excluding carboxylic acids is 2. The Labute approximate surface area is 321 Å². The van der Waals surface area contributed by atoms with Crippen LogP contribution in [0.1, 0.15) is 132 Å². The molecule has 9 atom stereocenters. The van der Waals surface area contributed by atoms with Gasteiger partial charge in [0.25, 0.3) is 0 Å². The zero-order valence-corrected chi connectivity index (χ0v) is 34.2. The summed E-state index contributed by atoms with van der Waals surface area (Å²) in [5.74, 6) is -0.695. The maximum atomic E-state index is 14.7. The summed E-state index contributed by atoms with van der Waals surface area (Å²) in [6, 6.07) is 4.95. The van der Waals surface area contributed by atoms with Gasteiger partial charge in [-0.3, -0.25) is 14.4 Å². The van der Waals surface area contributed by atoms with E-state index in [0.717, 1.165) is 56.9 Å². The average molecular weight is 756 g/mol. The molecule has 5 aliphatic carbocycles. The van der Waals surface area contributed by atoms with E-state index >= 15 is 0 Å². The van der Waals surface area contributed by atoms with Crippen molar-refractivity contribution in [3.8, 4) is 0 Å². The molecule has 0 aliphatic heterocycles. The molecule has 0 amide bonds. The van der Waals surface area contributed by atoms with Crippen LogP contribution in [0.3, 0.4) is 0 Å². The zero-order chi connectivity index (χ0) is 39.1. The monoisotopic (exact) mass is 755 g/mol. The van der Waals surface area contributed by atoms with Crippen molar-refractivity contribution in [1.29, 1.82) is 0 Å². The standard InChI is InChI=1S/C44H63ClFNO6/c1-25(2)35-29(48)21-44(32(49)24-47-23-26-11-10-12-28(45)37(26)46)20-19-42(8)27(36(35)44)13-14-31-41(7)17-16-33(53-34(50)22-39(3,4)38(51)52)40(5,6)30(41)15-18-43(31,42)9/h10-12,25,27,30-33,47,49H,13-24H2,1-9H3,(H,51,52)/t27-,30?,31-,32-,33+,41+,42-,43-,44+/m1/s1. The number of rotatable bonds is 10. The largest absolute Gasteiger partial charge is 0.481 e. The fraction of sp³-hybridized carbons (Fsp3) is 0.750. The number of ether oxygens (including phenoxy) is 1.